The molecule has 0 saturated carbocycles. The number of carbonyl (C=O) groups is 1. The van der Waals surface area contributed by atoms with Gasteiger partial charge in [-0.2, -0.15) is 0 Å². The van der Waals surface area contributed by atoms with E-state index in [0.717, 1.165) is 10.8 Å². The fourth-order valence-electron chi connectivity index (χ4n) is 2.27. The minimum Gasteiger partial charge on any atom is -0.504 e. The van der Waals surface area contributed by atoms with Crippen LogP contribution in [0.4, 0.5) is 0 Å². The summed E-state index contributed by atoms with van der Waals surface area (Å²) in [6.45, 7) is 0. The molecule has 0 saturated heterocycles. The Balaban J connectivity index is 2.60. The van der Waals surface area contributed by atoms with Gasteiger partial charge in [0.05, 0.1) is 5.56 Å². The Labute approximate surface area is 108 Å². The highest BCUT2D eigenvalue weighted by Gasteiger charge is 2.18. The summed E-state index contributed by atoms with van der Waals surface area (Å²) in [5, 5.41) is 31.7. The third kappa shape index (κ3) is 1.50. The minimum atomic E-state index is -0.676. The Kier molecular flexibility index (Phi) is 2.32. The Morgan fingerprint density at radius 3 is 1.95 bits per heavy atom. The van der Waals surface area contributed by atoms with Gasteiger partial charge in [0.2, 0.25) is 5.75 Å². The summed E-state index contributed by atoms with van der Waals surface area (Å²) in [5.74, 6) is -1.70. The quantitative estimate of drug-likeness (QED) is 0.354. The molecule has 0 atom stereocenters. The predicted octanol–water partition coefficient (Wildman–Crippen LogP) is 2.92. The molecule has 0 heterocycles. The smallest absolute Gasteiger partial charge is 0.201 e. The van der Waals surface area contributed by atoms with Crippen molar-refractivity contribution in [3.05, 3.63) is 42.0 Å². The molecule has 4 nitrogen and oxygen atoms in total. The molecule has 0 unspecified atom stereocenters. The molecule has 0 aliphatic carbocycles. The zero-order chi connectivity index (χ0) is 13.6. The van der Waals surface area contributed by atoms with E-state index >= 15 is 0 Å². The molecule has 19 heavy (non-hydrogen) atoms. The molecule has 0 aliphatic heterocycles. The monoisotopic (exact) mass is 254 g/mol. The number of rotatable bonds is 1. The van der Waals surface area contributed by atoms with Crippen LogP contribution in [0, 0.1) is 0 Å². The molecule has 3 rings (SSSR count). The molecule has 3 aromatic carbocycles. The first kappa shape index (κ1) is 11.3. The van der Waals surface area contributed by atoms with Gasteiger partial charge in [0, 0.05) is 10.8 Å². The number of hydrogen-bond acceptors (Lipinski definition) is 4. The van der Waals surface area contributed by atoms with Gasteiger partial charge in [-0.3, -0.25) is 4.79 Å². The van der Waals surface area contributed by atoms with Crippen molar-refractivity contribution in [2.24, 2.45) is 0 Å². The molecule has 3 aromatic rings. The second-order valence-electron chi connectivity index (χ2n) is 4.32. The van der Waals surface area contributed by atoms with Crippen molar-refractivity contribution in [1.29, 1.82) is 0 Å². The molecule has 0 bridgehead atoms. The van der Waals surface area contributed by atoms with Crippen LogP contribution in [0.1, 0.15) is 10.4 Å². The van der Waals surface area contributed by atoms with E-state index < -0.39 is 17.2 Å². The summed E-state index contributed by atoms with van der Waals surface area (Å²) in [6, 6.07) is 10.8. The maximum Gasteiger partial charge on any atom is 0.201 e. The third-order valence-electron chi connectivity index (χ3n) is 3.25. The number of aldehydes is 1. The van der Waals surface area contributed by atoms with E-state index in [-0.39, 0.29) is 5.56 Å². The number of phenolic OH excluding ortho intramolecular Hbond substituents is 3. The van der Waals surface area contributed by atoms with Gasteiger partial charge in [0.25, 0.3) is 0 Å². The van der Waals surface area contributed by atoms with Crippen molar-refractivity contribution < 1.29 is 20.1 Å². The highest BCUT2D eigenvalue weighted by Crippen LogP contribution is 2.44. The number of carbonyl (C=O) groups excluding carboxylic acids is 1. The molecule has 0 fully saturated rings. The van der Waals surface area contributed by atoms with Gasteiger partial charge in [0.15, 0.2) is 17.8 Å². The van der Waals surface area contributed by atoms with E-state index in [2.05, 4.69) is 0 Å². The predicted molar refractivity (Wildman–Crippen MR) is 71.8 cm³/mol. The van der Waals surface area contributed by atoms with Crippen molar-refractivity contribution in [3.63, 3.8) is 0 Å². The molecular formula is C15H10O4. The Bertz CT molecular complexity index is 821. The lowest BCUT2D eigenvalue weighted by atomic mass is 9.98. The molecule has 0 spiro atoms. The van der Waals surface area contributed by atoms with Crippen LogP contribution in [0.3, 0.4) is 0 Å². The highest BCUT2D eigenvalue weighted by atomic mass is 16.3. The first-order valence-electron chi connectivity index (χ1n) is 5.68. The Hall–Kier alpha value is -2.75. The van der Waals surface area contributed by atoms with Gasteiger partial charge < -0.3 is 15.3 Å². The fourth-order valence-corrected chi connectivity index (χ4v) is 2.27. The lowest BCUT2D eigenvalue weighted by Crippen LogP contribution is -1.88. The van der Waals surface area contributed by atoms with E-state index in [1.807, 2.05) is 24.3 Å². The van der Waals surface area contributed by atoms with Gasteiger partial charge in [-0.05, 0) is 22.9 Å². The van der Waals surface area contributed by atoms with Crippen LogP contribution in [0.15, 0.2) is 36.4 Å². The number of hydrogen-bond donors (Lipinski definition) is 3. The Morgan fingerprint density at radius 1 is 0.789 bits per heavy atom. The third-order valence-corrected chi connectivity index (χ3v) is 3.25. The summed E-state index contributed by atoms with van der Waals surface area (Å²) >= 11 is 0. The van der Waals surface area contributed by atoms with E-state index in [1.165, 1.54) is 0 Å². The van der Waals surface area contributed by atoms with Crippen LogP contribution in [-0.4, -0.2) is 21.6 Å². The Morgan fingerprint density at radius 2 is 1.37 bits per heavy atom. The second kappa shape index (κ2) is 3.88. The molecular weight excluding hydrogens is 244 g/mol. The highest BCUT2D eigenvalue weighted by molar-refractivity contribution is 6.10. The average Bonchev–Trinajstić information content (AvgIpc) is 2.44. The van der Waals surface area contributed by atoms with E-state index in [1.54, 1.807) is 12.1 Å². The van der Waals surface area contributed by atoms with Gasteiger partial charge in [0.1, 0.15) is 0 Å². The summed E-state index contributed by atoms with van der Waals surface area (Å²) in [5.41, 5.74) is -0.0314. The van der Waals surface area contributed by atoms with Crippen LogP contribution in [-0.2, 0) is 0 Å². The molecule has 3 N–H and O–H groups in total. The second-order valence-corrected chi connectivity index (χ2v) is 4.32. The molecule has 0 aromatic heterocycles. The van der Waals surface area contributed by atoms with Crippen molar-refractivity contribution in [2.45, 2.75) is 0 Å². The topological polar surface area (TPSA) is 77.8 Å². The van der Waals surface area contributed by atoms with Crippen molar-refractivity contribution in [2.75, 3.05) is 0 Å². The molecule has 0 aliphatic rings. The SMILES string of the molecule is O=Cc1c(O)c(O)c(O)c2cc3ccccc3cc12. The minimum absolute atomic E-state index is 0.0314. The number of phenols is 3. The first-order chi connectivity index (χ1) is 9.13. The summed E-state index contributed by atoms with van der Waals surface area (Å²) in [4.78, 5) is 11.1. The maximum absolute atomic E-state index is 11.1. The average molecular weight is 254 g/mol. The molecule has 0 radical (unpaired) electrons. The van der Waals surface area contributed by atoms with Gasteiger partial charge in [-0.25, -0.2) is 0 Å². The van der Waals surface area contributed by atoms with Gasteiger partial charge in [-0.1, -0.05) is 24.3 Å². The number of aromatic hydroxyl groups is 3. The summed E-state index contributed by atoms with van der Waals surface area (Å²) in [6.07, 6.45) is 0.464. The number of fused-ring (bicyclic) bond motifs is 2. The van der Waals surface area contributed by atoms with Crippen LogP contribution < -0.4 is 0 Å². The zero-order valence-corrected chi connectivity index (χ0v) is 9.79. The van der Waals surface area contributed by atoms with Crippen LogP contribution in [0.5, 0.6) is 17.2 Å². The molecule has 4 heteroatoms. The zero-order valence-electron chi connectivity index (χ0n) is 9.79. The van der Waals surface area contributed by atoms with Gasteiger partial charge in [-0.15, -0.1) is 0 Å². The molecule has 94 valence electrons. The normalized spacial score (nSPS) is 10.9. The fraction of sp³-hybridized carbons (Fsp3) is 0. The van der Waals surface area contributed by atoms with Gasteiger partial charge >= 0.3 is 0 Å². The summed E-state index contributed by atoms with van der Waals surface area (Å²) in [7, 11) is 0. The lowest BCUT2D eigenvalue weighted by molar-refractivity contribution is 0.112. The lowest BCUT2D eigenvalue weighted by Gasteiger charge is -2.10. The maximum atomic E-state index is 11.1. The molecule has 0 amide bonds. The number of benzene rings is 3. The van der Waals surface area contributed by atoms with Crippen molar-refractivity contribution in [3.8, 4) is 17.2 Å². The van der Waals surface area contributed by atoms with E-state index in [0.29, 0.717) is 17.1 Å². The van der Waals surface area contributed by atoms with Crippen molar-refractivity contribution >= 4 is 27.8 Å². The van der Waals surface area contributed by atoms with Crippen LogP contribution in [0.2, 0.25) is 0 Å². The van der Waals surface area contributed by atoms with Crippen LogP contribution >= 0.6 is 0 Å². The largest absolute Gasteiger partial charge is 0.504 e. The van der Waals surface area contributed by atoms with E-state index in [4.69, 9.17) is 0 Å². The van der Waals surface area contributed by atoms with E-state index in [9.17, 15) is 20.1 Å². The first-order valence-corrected chi connectivity index (χ1v) is 5.68. The standard InChI is InChI=1S/C15H10O4/c16-7-12-10-5-8-3-1-2-4-9(8)6-11(10)13(17)15(19)14(12)18/h1-7,17-19H. The van der Waals surface area contributed by atoms with Crippen molar-refractivity contribution in [1.82, 2.24) is 0 Å². The van der Waals surface area contributed by atoms with Crippen LogP contribution in [0.25, 0.3) is 21.5 Å². The summed E-state index contributed by atoms with van der Waals surface area (Å²) < 4.78 is 0.